The quantitative estimate of drug-likeness (QED) is 0.282. The highest BCUT2D eigenvalue weighted by molar-refractivity contribution is 7.80. The van der Waals surface area contributed by atoms with Crippen LogP contribution in [0.3, 0.4) is 0 Å². The van der Waals surface area contributed by atoms with Gasteiger partial charge in [0.25, 0.3) is 0 Å². The molecule has 0 unspecified atom stereocenters. The van der Waals surface area contributed by atoms with E-state index in [1.165, 1.54) is 21.9 Å². The van der Waals surface area contributed by atoms with Crippen LogP contribution >= 0.6 is 12.6 Å². The maximum absolute atomic E-state index is 4.78. The van der Waals surface area contributed by atoms with Gasteiger partial charge in [-0.1, -0.05) is 66.7 Å². The van der Waals surface area contributed by atoms with Crippen molar-refractivity contribution in [3.63, 3.8) is 0 Å². The number of fused-ring (bicyclic) bond motifs is 2. The zero-order valence-electron chi connectivity index (χ0n) is 17.8. The average molecular weight is 441 g/mol. The van der Waals surface area contributed by atoms with Crippen molar-refractivity contribution in [2.45, 2.75) is 4.90 Å². The maximum Gasteiger partial charge on any atom is 0.0795 e. The van der Waals surface area contributed by atoms with Crippen molar-refractivity contribution >= 4 is 34.3 Å². The number of hydrogen-bond acceptors (Lipinski definition) is 3. The highest BCUT2D eigenvalue weighted by Crippen LogP contribution is 2.31. The molecular formula is C30H20N2S. The number of thiol groups is 1. The number of nitrogens with zero attached hydrogens (tertiary/aromatic N) is 2. The third kappa shape index (κ3) is 3.77. The molecule has 156 valence electrons. The predicted octanol–water partition coefficient (Wildman–Crippen LogP) is 8.07. The normalized spacial score (nSPS) is 11.2. The van der Waals surface area contributed by atoms with Crippen molar-refractivity contribution in [2.24, 2.45) is 0 Å². The molecule has 6 aromatic rings. The van der Waals surface area contributed by atoms with Gasteiger partial charge in [-0.15, -0.1) is 12.6 Å². The van der Waals surface area contributed by atoms with Gasteiger partial charge in [-0.3, -0.25) is 9.97 Å². The molecule has 0 fully saturated rings. The van der Waals surface area contributed by atoms with Crippen LogP contribution in [0.2, 0.25) is 0 Å². The van der Waals surface area contributed by atoms with Crippen LogP contribution in [-0.2, 0) is 0 Å². The maximum atomic E-state index is 4.78. The number of benzene rings is 4. The van der Waals surface area contributed by atoms with E-state index in [1.54, 1.807) is 0 Å². The largest absolute Gasteiger partial charge is 0.256 e. The first-order valence-electron chi connectivity index (χ1n) is 10.9. The zero-order chi connectivity index (χ0) is 22.2. The van der Waals surface area contributed by atoms with E-state index in [4.69, 9.17) is 4.98 Å². The molecule has 3 heteroatoms. The summed E-state index contributed by atoms with van der Waals surface area (Å²) in [6.45, 7) is 0. The molecule has 2 aromatic heterocycles. The van der Waals surface area contributed by atoms with Crippen molar-refractivity contribution in [3.8, 4) is 33.5 Å². The average Bonchev–Trinajstić information content (AvgIpc) is 2.88. The molecule has 4 aromatic carbocycles. The second kappa shape index (κ2) is 8.19. The van der Waals surface area contributed by atoms with E-state index in [0.29, 0.717) is 0 Å². The minimum absolute atomic E-state index is 0.929. The Kier molecular flexibility index (Phi) is 4.89. The Balaban J connectivity index is 1.37. The van der Waals surface area contributed by atoms with E-state index in [1.807, 2.05) is 30.6 Å². The molecule has 2 nitrogen and oxygen atoms in total. The lowest BCUT2D eigenvalue weighted by Crippen LogP contribution is -1.88. The monoisotopic (exact) mass is 440 g/mol. The summed E-state index contributed by atoms with van der Waals surface area (Å²) in [5.74, 6) is 0. The zero-order valence-corrected chi connectivity index (χ0v) is 18.7. The number of hydrogen-bond donors (Lipinski definition) is 1. The summed E-state index contributed by atoms with van der Waals surface area (Å²) in [6.07, 6.45) is 3.78. The molecule has 0 aliphatic heterocycles. The van der Waals surface area contributed by atoms with Crippen LogP contribution < -0.4 is 0 Å². The second-order valence-electron chi connectivity index (χ2n) is 8.14. The molecule has 0 amide bonds. The van der Waals surface area contributed by atoms with Gasteiger partial charge in [0, 0.05) is 33.8 Å². The summed E-state index contributed by atoms with van der Waals surface area (Å²) in [7, 11) is 0. The molecule has 33 heavy (non-hydrogen) atoms. The van der Waals surface area contributed by atoms with Gasteiger partial charge in [-0.05, 0) is 63.9 Å². The van der Waals surface area contributed by atoms with Gasteiger partial charge in [0.2, 0.25) is 0 Å². The van der Waals surface area contributed by atoms with E-state index < -0.39 is 0 Å². The Morgan fingerprint density at radius 3 is 1.97 bits per heavy atom. The molecule has 0 bridgehead atoms. The van der Waals surface area contributed by atoms with Gasteiger partial charge in [0.1, 0.15) is 0 Å². The van der Waals surface area contributed by atoms with Crippen LogP contribution in [0.25, 0.3) is 55.2 Å². The van der Waals surface area contributed by atoms with Gasteiger partial charge >= 0.3 is 0 Å². The first-order chi connectivity index (χ1) is 16.2. The van der Waals surface area contributed by atoms with Crippen molar-refractivity contribution in [3.05, 3.63) is 116 Å². The number of aromatic nitrogens is 2. The summed E-state index contributed by atoms with van der Waals surface area (Å²) in [4.78, 5) is 10.3. The molecular weight excluding hydrogens is 420 g/mol. The molecule has 0 aliphatic carbocycles. The van der Waals surface area contributed by atoms with Crippen molar-refractivity contribution < 1.29 is 0 Å². The predicted molar refractivity (Wildman–Crippen MR) is 141 cm³/mol. The Labute approximate surface area is 198 Å². The fraction of sp³-hybridized carbons (Fsp3) is 0. The summed E-state index contributed by atoms with van der Waals surface area (Å²) in [5, 5.41) is 3.55. The molecule has 6 rings (SSSR count). The third-order valence-electron chi connectivity index (χ3n) is 6.05. The van der Waals surface area contributed by atoms with Crippen LogP contribution in [0.4, 0.5) is 0 Å². The van der Waals surface area contributed by atoms with Gasteiger partial charge in [-0.2, -0.15) is 0 Å². The van der Waals surface area contributed by atoms with E-state index in [-0.39, 0.29) is 0 Å². The highest BCUT2D eigenvalue weighted by atomic mass is 32.1. The van der Waals surface area contributed by atoms with Crippen LogP contribution in [0.5, 0.6) is 0 Å². The molecule has 0 aliphatic rings. The van der Waals surface area contributed by atoms with E-state index >= 15 is 0 Å². The third-order valence-corrected chi connectivity index (χ3v) is 6.34. The van der Waals surface area contributed by atoms with E-state index in [0.717, 1.165) is 38.2 Å². The summed E-state index contributed by atoms with van der Waals surface area (Å²) in [5.41, 5.74) is 7.59. The van der Waals surface area contributed by atoms with Gasteiger partial charge in [0.15, 0.2) is 0 Å². The molecule has 0 spiro atoms. The van der Waals surface area contributed by atoms with Gasteiger partial charge < -0.3 is 0 Å². The lowest BCUT2D eigenvalue weighted by Gasteiger charge is -2.09. The standard InChI is InChI=1S/C30H20N2S/c33-27-13-10-20(11-14-27)23-8-6-21-7-9-24(18-26(21)17-23)25-12-15-29(32-19-25)28-5-1-3-22-4-2-16-31-30(22)28/h1-19,33H. The summed E-state index contributed by atoms with van der Waals surface area (Å²) >= 11 is 4.40. The summed E-state index contributed by atoms with van der Waals surface area (Å²) < 4.78 is 0. The van der Waals surface area contributed by atoms with Crippen molar-refractivity contribution in [1.82, 2.24) is 9.97 Å². The Bertz CT molecular complexity index is 1600. The fourth-order valence-corrected chi connectivity index (χ4v) is 4.44. The van der Waals surface area contributed by atoms with Gasteiger partial charge in [0.05, 0.1) is 11.2 Å². The van der Waals surface area contributed by atoms with E-state index in [9.17, 15) is 0 Å². The molecule has 0 saturated carbocycles. The van der Waals surface area contributed by atoms with Crippen molar-refractivity contribution in [1.29, 1.82) is 0 Å². The van der Waals surface area contributed by atoms with Crippen LogP contribution in [0, 0.1) is 0 Å². The molecule has 0 N–H and O–H groups in total. The second-order valence-corrected chi connectivity index (χ2v) is 8.65. The first-order valence-corrected chi connectivity index (χ1v) is 11.3. The summed E-state index contributed by atoms with van der Waals surface area (Å²) in [6, 6.07) is 35.9. The first kappa shape index (κ1) is 19.7. The number of para-hydroxylation sites is 1. The molecule has 0 radical (unpaired) electrons. The lowest BCUT2D eigenvalue weighted by atomic mass is 9.98. The lowest BCUT2D eigenvalue weighted by molar-refractivity contribution is 1.32. The fourth-order valence-electron chi connectivity index (χ4n) is 4.29. The minimum atomic E-state index is 0.929. The van der Waals surface area contributed by atoms with Crippen LogP contribution in [0.15, 0.2) is 120 Å². The van der Waals surface area contributed by atoms with E-state index in [2.05, 4.69) is 103 Å². The minimum Gasteiger partial charge on any atom is -0.256 e. The smallest absolute Gasteiger partial charge is 0.0795 e. The molecule has 0 atom stereocenters. The number of pyridine rings is 2. The Hall–Kier alpha value is -3.95. The SMILES string of the molecule is Sc1ccc(-c2ccc3ccc(-c4ccc(-c5cccc6cccnc56)nc4)cc3c2)cc1. The van der Waals surface area contributed by atoms with Gasteiger partial charge in [-0.25, -0.2) is 0 Å². The Morgan fingerprint density at radius 2 is 1.21 bits per heavy atom. The topological polar surface area (TPSA) is 25.8 Å². The highest BCUT2D eigenvalue weighted by Gasteiger charge is 2.08. The van der Waals surface area contributed by atoms with Crippen LogP contribution in [-0.4, -0.2) is 9.97 Å². The molecule has 0 saturated heterocycles. The van der Waals surface area contributed by atoms with Crippen LogP contribution in [0.1, 0.15) is 0 Å². The molecule has 2 heterocycles. The van der Waals surface area contributed by atoms with Crippen molar-refractivity contribution in [2.75, 3.05) is 0 Å². The number of rotatable bonds is 3. The Morgan fingerprint density at radius 1 is 0.515 bits per heavy atom.